The van der Waals surface area contributed by atoms with E-state index in [1.165, 1.54) is 29.5 Å². The fraction of sp³-hybridized carbons (Fsp3) is 0.0833. The lowest BCUT2D eigenvalue weighted by molar-refractivity contribution is 0.0947. The zero-order valence-corrected chi connectivity index (χ0v) is 11.6. The summed E-state index contributed by atoms with van der Waals surface area (Å²) in [5.74, 6) is -1.04. The molecule has 0 unspecified atom stereocenters. The first kappa shape index (κ1) is 13.0. The van der Waals surface area contributed by atoms with Crippen LogP contribution in [0.5, 0.6) is 0 Å². The van der Waals surface area contributed by atoms with Crippen molar-refractivity contribution >= 4 is 38.9 Å². The van der Waals surface area contributed by atoms with Gasteiger partial charge in [0.2, 0.25) is 0 Å². The highest BCUT2D eigenvalue weighted by Gasteiger charge is 2.11. The number of amides is 1. The number of thiophene rings is 1. The van der Waals surface area contributed by atoms with E-state index >= 15 is 0 Å². The van der Waals surface area contributed by atoms with Gasteiger partial charge in [-0.1, -0.05) is 0 Å². The molecule has 3 N–H and O–H groups in total. The average molecular weight is 329 g/mol. The Morgan fingerprint density at radius 1 is 1.44 bits per heavy atom. The Balaban J connectivity index is 2.05. The highest BCUT2D eigenvalue weighted by molar-refractivity contribution is 9.10. The fourth-order valence-corrected chi connectivity index (χ4v) is 2.82. The number of nitrogens with one attached hydrogen (secondary N) is 1. The summed E-state index contributed by atoms with van der Waals surface area (Å²) >= 11 is 4.84. The number of halogens is 2. The number of carbonyl (C=O) groups is 1. The zero-order chi connectivity index (χ0) is 13.1. The van der Waals surface area contributed by atoms with Crippen LogP contribution in [0.1, 0.15) is 15.2 Å². The second-order valence-electron chi connectivity index (χ2n) is 3.65. The van der Waals surface area contributed by atoms with Crippen molar-refractivity contribution in [2.45, 2.75) is 6.54 Å². The minimum atomic E-state index is -0.575. The van der Waals surface area contributed by atoms with Gasteiger partial charge in [-0.2, -0.15) is 0 Å². The number of hydrogen-bond acceptors (Lipinski definition) is 3. The van der Waals surface area contributed by atoms with E-state index in [2.05, 4.69) is 21.2 Å². The maximum atomic E-state index is 13.4. The standard InChI is InChI=1S/C12H10BrFN2OS/c13-7-3-9(18-6-7)5-16-12(17)10-4-8(15)1-2-11(10)14/h1-4,6H,5,15H2,(H,16,17). The van der Waals surface area contributed by atoms with Gasteiger partial charge < -0.3 is 11.1 Å². The highest BCUT2D eigenvalue weighted by atomic mass is 79.9. The summed E-state index contributed by atoms with van der Waals surface area (Å²) in [6.45, 7) is 0.364. The summed E-state index contributed by atoms with van der Waals surface area (Å²) in [6.07, 6.45) is 0. The average Bonchev–Trinajstić information content (AvgIpc) is 2.75. The monoisotopic (exact) mass is 328 g/mol. The third kappa shape index (κ3) is 3.08. The number of nitrogens with two attached hydrogens (primary N) is 1. The maximum Gasteiger partial charge on any atom is 0.254 e. The van der Waals surface area contributed by atoms with E-state index in [4.69, 9.17) is 5.73 Å². The molecule has 6 heteroatoms. The molecule has 0 bridgehead atoms. The molecule has 18 heavy (non-hydrogen) atoms. The van der Waals surface area contributed by atoms with Crippen LogP contribution in [-0.2, 0) is 6.54 Å². The Labute approximate surface area is 116 Å². The van der Waals surface area contributed by atoms with Crippen LogP contribution in [0.15, 0.2) is 34.1 Å². The first-order valence-electron chi connectivity index (χ1n) is 5.12. The van der Waals surface area contributed by atoms with Gasteiger partial charge in [-0.05, 0) is 40.2 Å². The molecule has 0 aliphatic carbocycles. The molecule has 0 saturated heterocycles. The molecule has 0 spiro atoms. The third-order valence-electron chi connectivity index (χ3n) is 2.28. The zero-order valence-electron chi connectivity index (χ0n) is 9.24. The van der Waals surface area contributed by atoms with Crippen LogP contribution >= 0.6 is 27.3 Å². The van der Waals surface area contributed by atoms with Crippen LogP contribution in [0.4, 0.5) is 10.1 Å². The minimum Gasteiger partial charge on any atom is -0.399 e. The molecular formula is C12H10BrFN2OS. The highest BCUT2D eigenvalue weighted by Crippen LogP contribution is 2.19. The summed E-state index contributed by atoms with van der Waals surface area (Å²) in [6, 6.07) is 5.84. The topological polar surface area (TPSA) is 55.1 Å². The van der Waals surface area contributed by atoms with Crippen molar-refractivity contribution in [3.8, 4) is 0 Å². The van der Waals surface area contributed by atoms with Crippen molar-refractivity contribution in [1.82, 2.24) is 5.32 Å². The number of anilines is 1. The normalized spacial score (nSPS) is 10.3. The Kier molecular flexibility index (Phi) is 3.98. The van der Waals surface area contributed by atoms with Crippen molar-refractivity contribution < 1.29 is 9.18 Å². The Hall–Kier alpha value is -1.40. The lowest BCUT2D eigenvalue weighted by atomic mass is 10.2. The Morgan fingerprint density at radius 2 is 2.22 bits per heavy atom. The van der Waals surface area contributed by atoms with E-state index in [0.717, 1.165) is 9.35 Å². The summed E-state index contributed by atoms with van der Waals surface area (Å²) in [5.41, 5.74) is 5.85. The van der Waals surface area contributed by atoms with E-state index in [1.54, 1.807) is 0 Å². The first-order valence-corrected chi connectivity index (χ1v) is 6.79. The second-order valence-corrected chi connectivity index (χ2v) is 5.56. The molecular weight excluding hydrogens is 319 g/mol. The van der Waals surface area contributed by atoms with Crippen LogP contribution in [-0.4, -0.2) is 5.91 Å². The minimum absolute atomic E-state index is 0.0365. The molecule has 1 heterocycles. The van der Waals surface area contributed by atoms with Crippen molar-refractivity contribution in [1.29, 1.82) is 0 Å². The third-order valence-corrected chi connectivity index (χ3v) is 3.98. The van der Waals surface area contributed by atoms with Crippen LogP contribution in [0.25, 0.3) is 0 Å². The number of nitrogen functional groups attached to an aromatic ring is 1. The summed E-state index contributed by atoms with van der Waals surface area (Å²) in [4.78, 5) is 12.8. The van der Waals surface area contributed by atoms with Crippen molar-refractivity contribution in [2.24, 2.45) is 0 Å². The van der Waals surface area contributed by atoms with Gasteiger partial charge in [0.05, 0.1) is 12.1 Å². The molecule has 0 fully saturated rings. The van der Waals surface area contributed by atoms with E-state index < -0.39 is 11.7 Å². The summed E-state index contributed by atoms with van der Waals surface area (Å²) in [5, 5.41) is 4.57. The molecule has 3 nitrogen and oxygen atoms in total. The molecule has 2 aromatic rings. The van der Waals surface area contributed by atoms with Crippen LogP contribution in [0.3, 0.4) is 0 Å². The molecule has 94 valence electrons. The van der Waals surface area contributed by atoms with Gasteiger partial charge in [-0.25, -0.2) is 4.39 Å². The molecule has 0 radical (unpaired) electrons. The van der Waals surface area contributed by atoms with Gasteiger partial charge in [-0.15, -0.1) is 11.3 Å². The van der Waals surface area contributed by atoms with Gasteiger partial charge in [0, 0.05) is 20.4 Å². The SMILES string of the molecule is Nc1ccc(F)c(C(=O)NCc2cc(Br)cs2)c1. The van der Waals surface area contributed by atoms with E-state index in [1.807, 2.05) is 11.4 Å². The Bertz CT molecular complexity index is 585. The number of rotatable bonds is 3. The quantitative estimate of drug-likeness (QED) is 0.850. The summed E-state index contributed by atoms with van der Waals surface area (Å²) < 4.78 is 14.4. The van der Waals surface area contributed by atoms with E-state index in [-0.39, 0.29) is 5.56 Å². The van der Waals surface area contributed by atoms with Gasteiger partial charge in [0.25, 0.3) is 5.91 Å². The summed E-state index contributed by atoms with van der Waals surface area (Å²) in [7, 11) is 0. The first-order chi connectivity index (χ1) is 8.56. The second kappa shape index (κ2) is 5.49. The molecule has 0 saturated carbocycles. The molecule has 1 aromatic heterocycles. The molecule has 0 aliphatic heterocycles. The van der Waals surface area contributed by atoms with Gasteiger partial charge in [0.1, 0.15) is 5.82 Å². The number of hydrogen-bond donors (Lipinski definition) is 2. The predicted molar refractivity (Wildman–Crippen MR) is 74.0 cm³/mol. The maximum absolute atomic E-state index is 13.4. The van der Waals surface area contributed by atoms with Gasteiger partial charge in [0.15, 0.2) is 0 Å². The van der Waals surface area contributed by atoms with Crippen molar-refractivity contribution in [3.05, 3.63) is 50.4 Å². The van der Waals surface area contributed by atoms with Crippen molar-refractivity contribution in [2.75, 3.05) is 5.73 Å². The van der Waals surface area contributed by atoms with Crippen LogP contribution < -0.4 is 11.1 Å². The smallest absolute Gasteiger partial charge is 0.254 e. The fourth-order valence-electron chi connectivity index (χ4n) is 1.43. The van der Waals surface area contributed by atoms with Gasteiger partial charge >= 0.3 is 0 Å². The lowest BCUT2D eigenvalue weighted by Crippen LogP contribution is -2.23. The molecule has 0 aliphatic rings. The van der Waals surface area contributed by atoms with E-state index in [0.29, 0.717) is 12.2 Å². The van der Waals surface area contributed by atoms with Crippen LogP contribution in [0.2, 0.25) is 0 Å². The number of carbonyl (C=O) groups excluding carboxylic acids is 1. The van der Waals surface area contributed by atoms with Crippen LogP contribution in [0, 0.1) is 5.82 Å². The van der Waals surface area contributed by atoms with Crippen molar-refractivity contribution in [3.63, 3.8) is 0 Å². The van der Waals surface area contributed by atoms with Gasteiger partial charge in [-0.3, -0.25) is 4.79 Å². The van der Waals surface area contributed by atoms with E-state index in [9.17, 15) is 9.18 Å². The molecule has 2 rings (SSSR count). The predicted octanol–water partition coefficient (Wildman–Crippen LogP) is 3.16. The Morgan fingerprint density at radius 3 is 2.89 bits per heavy atom. The number of benzene rings is 1. The molecule has 1 amide bonds. The lowest BCUT2D eigenvalue weighted by Gasteiger charge is -2.05. The molecule has 1 aromatic carbocycles. The molecule has 0 atom stereocenters. The largest absolute Gasteiger partial charge is 0.399 e.